The summed E-state index contributed by atoms with van der Waals surface area (Å²) in [4.78, 5) is 55.5. The maximum absolute atomic E-state index is 14.0. The van der Waals surface area contributed by atoms with Gasteiger partial charge in [-0.05, 0) is 31.4 Å². The number of rotatable bonds is 5. The zero-order valence-electron chi connectivity index (χ0n) is 19.7. The lowest BCUT2D eigenvalue weighted by atomic mass is 9.85. The molecule has 2 aromatic carbocycles. The van der Waals surface area contributed by atoms with E-state index < -0.39 is 34.6 Å². The number of ketones is 1. The molecule has 4 heterocycles. The maximum Gasteiger partial charge on any atom is 0.270 e. The second-order valence-corrected chi connectivity index (χ2v) is 9.85. The Morgan fingerprint density at radius 3 is 2.64 bits per heavy atom. The van der Waals surface area contributed by atoms with Gasteiger partial charge in [-0.3, -0.25) is 29.4 Å². The van der Waals surface area contributed by atoms with E-state index in [0.29, 0.717) is 6.61 Å². The number of Topliss-reactive ketones (excluding diaryl/α,β-unsaturated/α-hetero) is 1. The predicted octanol–water partition coefficient (Wildman–Crippen LogP) is 3.23. The Labute approximate surface area is 207 Å². The Balaban J connectivity index is 1.46. The molecule has 9 nitrogen and oxygen atoms in total. The first-order chi connectivity index (χ1) is 17.4. The van der Waals surface area contributed by atoms with Crippen molar-refractivity contribution in [1.82, 2.24) is 4.90 Å². The number of amides is 2. The number of nitrogens with zero attached hydrogens (tertiary/aromatic N) is 3. The first-order valence-electron chi connectivity index (χ1n) is 12.2. The summed E-state index contributed by atoms with van der Waals surface area (Å²) in [5, 5.41) is 11.4. The van der Waals surface area contributed by atoms with Crippen LogP contribution >= 0.6 is 0 Å². The van der Waals surface area contributed by atoms with Crippen LogP contribution in [0.3, 0.4) is 0 Å². The lowest BCUT2D eigenvalue weighted by Gasteiger charge is -2.38. The zero-order chi connectivity index (χ0) is 25.1. The number of anilines is 1. The normalized spacial score (nSPS) is 28.6. The van der Waals surface area contributed by atoms with Gasteiger partial charge in [-0.2, -0.15) is 0 Å². The molecule has 0 N–H and O–H groups in total. The number of benzene rings is 2. The van der Waals surface area contributed by atoms with Gasteiger partial charge in [0.1, 0.15) is 6.04 Å². The van der Waals surface area contributed by atoms with Gasteiger partial charge in [0, 0.05) is 35.6 Å². The number of hydrogen-bond donors (Lipinski definition) is 0. The summed E-state index contributed by atoms with van der Waals surface area (Å²) in [5.74, 6) is -2.66. The minimum atomic E-state index is -0.960. The molecule has 5 atom stereocenters. The van der Waals surface area contributed by atoms with Gasteiger partial charge < -0.3 is 9.64 Å². The molecule has 0 aromatic heterocycles. The van der Waals surface area contributed by atoms with E-state index in [9.17, 15) is 24.5 Å². The van der Waals surface area contributed by atoms with Crippen LogP contribution in [-0.4, -0.2) is 58.8 Å². The van der Waals surface area contributed by atoms with Crippen LogP contribution in [0.15, 0.2) is 54.6 Å². The molecule has 4 aliphatic heterocycles. The second-order valence-electron chi connectivity index (χ2n) is 9.85. The van der Waals surface area contributed by atoms with Gasteiger partial charge in [0.2, 0.25) is 11.8 Å². The van der Waals surface area contributed by atoms with E-state index in [4.69, 9.17) is 4.74 Å². The quantitative estimate of drug-likeness (QED) is 0.276. The van der Waals surface area contributed by atoms with Crippen LogP contribution in [-0.2, 0) is 14.3 Å². The first kappa shape index (κ1) is 22.6. The number of likely N-dealkylation sites (tertiary alicyclic amines) is 1. The molecule has 0 aliphatic carbocycles. The van der Waals surface area contributed by atoms with Crippen molar-refractivity contribution in [2.45, 2.75) is 38.0 Å². The molecule has 0 saturated carbocycles. The average Bonchev–Trinajstić information content (AvgIpc) is 3.57. The Bertz CT molecular complexity index is 1330. The number of non-ortho nitro benzene ring substituents is 1. The summed E-state index contributed by atoms with van der Waals surface area (Å²) in [6.45, 7) is 2.76. The molecule has 9 heteroatoms. The van der Waals surface area contributed by atoms with E-state index in [0.717, 1.165) is 29.7 Å². The number of nitro benzene ring substituents is 1. The zero-order valence-corrected chi connectivity index (χ0v) is 19.7. The monoisotopic (exact) mass is 487 g/mol. The third-order valence-corrected chi connectivity index (χ3v) is 7.87. The summed E-state index contributed by atoms with van der Waals surface area (Å²) in [6.07, 6.45) is 3.45. The van der Waals surface area contributed by atoms with E-state index in [1.165, 1.54) is 29.2 Å². The van der Waals surface area contributed by atoms with Crippen LogP contribution in [0, 0.1) is 22.0 Å². The molecule has 0 bridgehead atoms. The van der Waals surface area contributed by atoms with E-state index in [-0.39, 0.29) is 35.7 Å². The number of hydrogen-bond acceptors (Lipinski definition) is 7. The number of fused-ring (bicyclic) bond motifs is 5. The molecule has 2 aromatic rings. The summed E-state index contributed by atoms with van der Waals surface area (Å²) < 4.78 is 5.68. The van der Waals surface area contributed by atoms with E-state index in [1.54, 1.807) is 0 Å². The molecule has 0 radical (unpaired) electrons. The van der Waals surface area contributed by atoms with Crippen molar-refractivity contribution < 1.29 is 24.0 Å². The van der Waals surface area contributed by atoms with Crippen LogP contribution in [0.2, 0.25) is 0 Å². The highest BCUT2D eigenvalue weighted by atomic mass is 16.6. The molecule has 184 valence electrons. The molecular weight excluding hydrogens is 462 g/mol. The Morgan fingerprint density at radius 1 is 1.11 bits per heavy atom. The number of imide groups is 1. The Kier molecular flexibility index (Phi) is 5.26. The fourth-order valence-electron chi connectivity index (χ4n) is 6.27. The van der Waals surface area contributed by atoms with Gasteiger partial charge in [0.25, 0.3) is 5.69 Å². The van der Waals surface area contributed by atoms with Crippen molar-refractivity contribution in [1.29, 1.82) is 0 Å². The van der Waals surface area contributed by atoms with Crippen LogP contribution in [0.4, 0.5) is 11.4 Å². The van der Waals surface area contributed by atoms with E-state index in [1.807, 2.05) is 42.2 Å². The standard InChI is InChI=1S/C27H25N3O6/c1-15-12-21-22-23(27(33)28(26(22)32)14-18-8-5-11-36-18)24(29(21)20-10-3-2-9-19(15)20)25(31)16-6-4-7-17(13-16)30(34)35/h2-4,6-7,9-10,12-13,18,21-24H,5,8,11,14H2,1H3/t18-,21+,22-,23-,24-/m0/s1. The summed E-state index contributed by atoms with van der Waals surface area (Å²) in [6, 6.07) is 11.8. The third-order valence-electron chi connectivity index (χ3n) is 7.87. The lowest BCUT2D eigenvalue weighted by Crippen LogP contribution is -2.49. The van der Waals surface area contributed by atoms with Crippen LogP contribution in [0.1, 0.15) is 35.7 Å². The molecule has 4 aliphatic rings. The van der Waals surface area contributed by atoms with Crippen LogP contribution in [0.5, 0.6) is 0 Å². The molecule has 0 spiro atoms. The minimum absolute atomic E-state index is 0.148. The minimum Gasteiger partial charge on any atom is -0.376 e. The third kappa shape index (κ3) is 3.30. The smallest absolute Gasteiger partial charge is 0.270 e. The number of allylic oxidation sites excluding steroid dienone is 1. The van der Waals surface area contributed by atoms with E-state index in [2.05, 4.69) is 0 Å². The first-order valence-corrected chi connectivity index (χ1v) is 12.2. The lowest BCUT2D eigenvalue weighted by molar-refractivity contribution is -0.384. The van der Waals surface area contributed by atoms with Crippen LogP contribution < -0.4 is 4.90 Å². The predicted molar refractivity (Wildman–Crippen MR) is 130 cm³/mol. The van der Waals surface area contributed by atoms with Crippen molar-refractivity contribution in [2.75, 3.05) is 18.1 Å². The van der Waals surface area contributed by atoms with Crippen molar-refractivity contribution in [2.24, 2.45) is 11.8 Å². The largest absolute Gasteiger partial charge is 0.376 e. The van der Waals surface area contributed by atoms with Gasteiger partial charge in [0.15, 0.2) is 5.78 Å². The number of nitro groups is 1. The van der Waals surface area contributed by atoms with E-state index >= 15 is 0 Å². The molecule has 3 fully saturated rings. The molecule has 2 amide bonds. The molecule has 0 unspecified atom stereocenters. The molecule has 6 rings (SSSR count). The topological polar surface area (TPSA) is 110 Å². The number of ether oxygens (including phenoxy) is 1. The van der Waals surface area contributed by atoms with Crippen molar-refractivity contribution in [3.63, 3.8) is 0 Å². The van der Waals surface area contributed by atoms with Gasteiger partial charge in [-0.25, -0.2) is 0 Å². The highest BCUT2D eigenvalue weighted by molar-refractivity contribution is 6.14. The highest BCUT2D eigenvalue weighted by Crippen LogP contribution is 2.50. The van der Waals surface area contributed by atoms with Gasteiger partial charge in [0.05, 0.1) is 35.4 Å². The van der Waals surface area contributed by atoms with Gasteiger partial charge in [-0.1, -0.05) is 36.4 Å². The summed E-state index contributed by atoms with van der Waals surface area (Å²) in [5.41, 5.74) is 2.64. The van der Waals surface area contributed by atoms with Crippen molar-refractivity contribution in [3.05, 3.63) is 75.8 Å². The number of carbonyl (C=O) groups is 3. The highest BCUT2D eigenvalue weighted by Gasteiger charge is 2.64. The fourth-order valence-corrected chi connectivity index (χ4v) is 6.27. The summed E-state index contributed by atoms with van der Waals surface area (Å²) >= 11 is 0. The molecule has 36 heavy (non-hydrogen) atoms. The molecular formula is C27H25N3O6. The Hall–Kier alpha value is -3.85. The number of carbonyl (C=O) groups excluding carboxylic acids is 3. The maximum atomic E-state index is 14.0. The average molecular weight is 488 g/mol. The molecule has 3 saturated heterocycles. The van der Waals surface area contributed by atoms with Gasteiger partial charge in [-0.15, -0.1) is 0 Å². The van der Waals surface area contributed by atoms with Gasteiger partial charge >= 0.3 is 0 Å². The van der Waals surface area contributed by atoms with Crippen LogP contribution in [0.25, 0.3) is 5.57 Å². The van der Waals surface area contributed by atoms with Crippen molar-refractivity contribution >= 4 is 34.5 Å². The Morgan fingerprint density at radius 2 is 1.89 bits per heavy atom. The second kappa shape index (κ2) is 8.37. The summed E-state index contributed by atoms with van der Waals surface area (Å²) in [7, 11) is 0. The fraction of sp³-hybridized carbons (Fsp3) is 0.370. The number of para-hydroxylation sites is 1. The van der Waals surface area contributed by atoms with Crippen molar-refractivity contribution in [3.8, 4) is 0 Å². The SMILES string of the molecule is CC1=C[C@@H]2[C@@H]3C(=O)N(C[C@@H]4CCCO4)C(=O)[C@@H]3[C@@H](C(=O)c3cccc([N+](=O)[O-])c3)N2c2ccccc21.